The first-order chi connectivity index (χ1) is 7.08. The van der Waals surface area contributed by atoms with Gasteiger partial charge in [0, 0.05) is 33.8 Å². The highest BCUT2D eigenvalue weighted by Gasteiger charge is 2.21. The van der Waals surface area contributed by atoms with Crippen molar-refractivity contribution in [3.8, 4) is 0 Å². The summed E-state index contributed by atoms with van der Waals surface area (Å²) in [4.78, 5) is 15.4. The molecule has 0 rings (SSSR count). The maximum atomic E-state index is 11.9. The van der Waals surface area contributed by atoms with E-state index in [1.807, 2.05) is 4.90 Å². The van der Waals surface area contributed by atoms with E-state index >= 15 is 0 Å². The molecule has 4 heteroatoms. The van der Waals surface area contributed by atoms with E-state index in [-0.39, 0.29) is 6.03 Å². The molecule has 0 aromatic carbocycles. The number of methoxy groups -OCH3 is 1. The van der Waals surface area contributed by atoms with Gasteiger partial charge < -0.3 is 14.5 Å². The van der Waals surface area contributed by atoms with Crippen LogP contribution in [-0.2, 0) is 4.74 Å². The average molecular weight is 216 g/mol. The van der Waals surface area contributed by atoms with Gasteiger partial charge in [-0.05, 0) is 12.8 Å². The second kappa shape index (κ2) is 7.51. The summed E-state index contributed by atoms with van der Waals surface area (Å²) < 4.78 is 5.03. The van der Waals surface area contributed by atoms with E-state index in [1.54, 1.807) is 26.1 Å². The molecular weight excluding hydrogens is 192 g/mol. The molecule has 0 unspecified atom stereocenters. The molecule has 0 N–H and O–H groups in total. The lowest BCUT2D eigenvalue weighted by molar-refractivity contribution is 0.111. The van der Waals surface area contributed by atoms with Gasteiger partial charge in [0.15, 0.2) is 0 Å². The Kier molecular flexibility index (Phi) is 7.13. The highest BCUT2D eigenvalue weighted by Crippen LogP contribution is 2.10. The van der Waals surface area contributed by atoms with Gasteiger partial charge in [0.2, 0.25) is 0 Å². The summed E-state index contributed by atoms with van der Waals surface area (Å²) in [6, 6.07) is 0.385. The highest BCUT2D eigenvalue weighted by molar-refractivity contribution is 5.74. The zero-order valence-corrected chi connectivity index (χ0v) is 10.6. The van der Waals surface area contributed by atoms with E-state index < -0.39 is 0 Å². The van der Waals surface area contributed by atoms with Crippen molar-refractivity contribution in [2.75, 3.05) is 34.4 Å². The van der Waals surface area contributed by atoms with Crippen molar-refractivity contribution in [1.29, 1.82) is 0 Å². The maximum Gasteiger partial charge on any atom is 0.319 e. The molecule has 0 aliphatic rings. The molecule has 0 radical (unpaired) electrons. The maximum absolute atomic E-state index is 11.9. The molecule has 0 spiro atoms. The minimum Gasteiger partial charge on any atom is -0.383 e. The number of rotatable bonds is 6. The quantitative estimate of drug-likeness (QED) is 0.678. The van der Waals surface area contributed by atoms with Crippen LogP contribution in [0.2, 0.25) is 0 Å². The first-order valence-corrected chi connectivity index (χ1v) is 5.55. The van der Waals surface area contributed by atoms with Gasteiger partial charge in [-0.2, -0.15) is 0 Å². The summed E-state index contributed by atoms with van der Waals surface area (Å²) in [5, 5.41) is 0. The number of amides is 2. The predicted octanol–water partition coefficient (Wildman–Crippen LogP) is 1.80. The Morgan fingerprint density at radius 2 is 1.80 bits per heavy atom. The number of hydrogen-bond acceptors (Lipinski definition) is 2. The van der Waals surface area contributed by atoms with Gasteiger partial charge in [-0.1, -0.05) is 13.8 Å². The summed E-state index contributed by atoms with van der Waals surface area (Å²) in [7, 11) is 5.22. The van der Waals surface area contributed by atoms with Crippen molar-refractivity contribution in [2.24, 2.45) is 0 Å². The van der Waals surface area contributed by atoms with Gasteiger partial charge in [-0.15, -0.1) is 0 Å². The average Bonchev–Trinajstić information content (AvgIpc) is 2.23. The van der Waals surface area contributed by atoms with Crippen molar-refractivity contribution in [2.45, 2.75) is 32.7 Å². The Bertz CT molecular complexity index is 179. The normalized spacial score (nSPS) is 10.5. The number of carbonyl (C=O) groups is 1. The van der Waals surface area contributed by atoms with Crippen LogP contribution in [0.15, 0.2) is 0 Å². The molecule has 4 nitrogen and oxygen atoms in total. The van der Waals surface area contributed by atoms with Crippen LogP contribution in [0.4, 0.5) is 4.79 Å². The SMILES string of the molecule is CCC(CC)N(CCOC)C(=O)N(C)C. The topological polar surface area (TPSA) is 32.8 Å². The molecule has 0 aromatic rings. The monoisotopic (exact) mass is 216 g/mol. The zero-order chi connectivity index (χ0) is 11.8. The molecule has 0 saturated heterocycles. The molecule has 0 aliphatic carbocycles. The Balaban J connectivity index is 4.47. The van der Waals surface area contributed by atoms with Gasteiger partial charge in [0.05, 0.1) is 6.61 Å². The Hall–Kier alpha value is -0.770. The van der Waals surface area contributed by atoms with E-state index in [9.17, 15) is 4.79 Å². The molecular formula is C11H24N2O2. The van der Waals surface area contributed by atoms with E-state index in [0.717, 1.165) is 12.8 Å². The van der Waals surface area contributed by atoms with Crippen molar-refractivity contribution in [3.05, 3.63) is 0 Å². The first kappa shape index (κ1) is 14.2. The summed E-state index contributed by atoms with van der Waals surface area (Å²) >= 11 is 0. The van der Waals surface area contributed by atoms with E-state index in [2.05, 4.69) is 13.8 Å². The molecule has 0 heterocycles. The van der Waals surface area contributed by atoms with Crippen molar-refractivity contribution in [3.63, 3.8) is 0 Å². The van der Waals surface area contributed by atoms with Crippen LogP contribution in [0, 0.1) is 0 Å². The van der Waals surface area contributed by atoms with Crippen LogP contribution >= 0.6 is 0 Å². The third-order valence-electron chi connectivity index (χ3n) is 2.55. The van der Waals surface area contributed by atoms with Crippen molar-refractivity contribution >= 4 is 6.03 Å². The van der Waals surface area contributed by atoms with Crippen molar-refractivity contribution < 1.29 is 9.53 Å². The fraction of sp³-hybridized carbons (Fsp3) is 0.909. The lowest BCUT2D eigenvalue weighted by Gasteiger charge is -2.32. The van der Waals surface area contributed by atoms with Gasteiger partial charge >= 0.3 is 6.03 Å². The summed E-state index contributed by atoms with van der Waals surface area (Å²) in [5.74, 6) is 0. The van der Waals surface area contributed by atoms with Crippen LogP contribution in [0.1, 0.15) is 26.7 Å². The summed E-state index contributed by atoms with van der Waals surface area (Å²) in [5.41, 5.74) is 0. The summed E-state index contributed by atoms with van der Waals surface area (Å²) in [6.45, 7) is 5.48. The Morgan fingerprint density at radius 3 is 2.13 bits per heavy atom. The van der Waals surface area contributed by atoms with Gasteiger partial charge in [0.25, 0.3) is 0 Å². The fourth-order valence-electron chi connectivity index (χ4n) is 1.61. The second-order valence-electron chi connectivity index (χ2n) is 3.83. The first-order valence-electron chi connectivity index (χ1n) is 5.55. The predicted molar refractivity (Wildman–Crippen MR) is 62.0 cm³/mol. The third kappa shape index (κ3) is 4.51. The number of hydrogen-bond donors (Lipinski definition) is 0. The van der Waals surface area contributed by atoms with Gasteiger partial charge in [-0.3, -0.25) is 0 Å². The lowest BCUT2D eigenvalue weighted by Crippen LogP contribution is -2.46. The number of carbonyl (C=O) groups excluding carboxylic acids is 1. The van der Waals surface area contributed by atoms with Crippen LogP contribution in [0.3, 0.4) is 0 Å². The van der Waals surface area contributed by atoms with Gasteiger partial charge in [-0.25, -0.2) is 4.79 Å². The van der Waals surface area contributed by atoms with Crippen LogP contribution < -0.4 is 0 Å². The molecule has 15 heavy (non-hydrogen) atoms. The van der Waals surface area contributed by atoms with Crippen LogP contribution in [0.5, 0.6) is 0 Å². The molecule has 0 aliphatic heterocycles. The van der Waals surface area contributed by atoms with Crippen LogP contribution in [-0.4, -0.2) is 56.2 Å². The fourth-order valence-corrected chi connectivity index (χ4v) is 1.61. The van der Waals surface area contributed by atoms with E-state index in [1.165, 1.54) is 0 Å². The van der Waals surface area contributed by atoms with E-state index in [4.69, 9.17) is 4.74 Å². The minimum atomic E-state index is 0.0701. The molecule has 0 aromatic heterocycles. The second-order valence-corrected chi connectivity index (χ2v) is 3.83. The van der Waals surface area contributed by atoms with Crippen molar-refractivity contribution in [1.82, 2.24) is 9.80 Å². The van der Waals surface area contributed by atoms with Gasteiger partial charge in [0.1, 0.15) is 0 Å². The minimum absolute atomic E-state index is 0.0701. The highest BCUT2D eigenvalue weighted by atomic mass is 16.5. The molecule has 0 bridgehead atoms. The molecule has 90 valence electrons. The smallest absolute Gasteiger partial charge is 0.319 e. The van der Waals surface area contributed by atoms with Crippen LogP contribution in [0.25, 0.3) is 0 Å². The summed E-state index contributed by atoms with van der Waals surface area (Å²) in [6.07, 6.45) is 1.97. The molecule has 0 saturated carbocycles. The Morgan fingerprint density at radius 1 is 1.27 bits per heavy atom. The Labute approximate surface area is 93.2 Å². The molecule has 0 fully saturated rings. The third-order valence-corrected chi connectivity index (χ3v) is 2.55. The molecule has 2 amide bonds. The largest absolute Gasteiger partial charge is 0.383 e. The zero-order valence-electron chi connectivity index (χ0n) is 10.6. The number of nitrogens with zero attached hydrogens (tertiary/aromatic N) is 2. The lowest BCUT2D eigenvalue weighted by atomic mass is 10.1. The standard InChI is InChI=1S/C11H24N2O2/c1-6-10(7-2)13(8-9-15-5)11(14)12(3)4/h10H,6-9H2,1-5H3. The number of ether oxygens (including phenoxy) is 1. The van der Waals surface area contributed by atoms with E-state index in [0.29, 0.717) is 19.2 Å². The molecule has 0 atom stereocenters. The number of urea groups is 1.